The molecule has 0 unspecified atom stereocenters. The van der Waals surface area contributed by atoms with Crippen molar-refractivity contribution in [3.63, 3.8) is 0 Å². The van der Waals surface area contributed by atoms with Crippen molar-refractivity contribution in [1.29, 1.82) is 0 Å². The minimum atomic E-state index is 0.455. The van der Waals surface area contributed by atoms with Gasteiger partial charge in [-0.25, -0.2) is 0 Å². The van der Waals surface area contributed by atoms with Crippen LogP contribution in [0.25, 0.3) is 11.1 Å². The van der Waals surface area contributed by atoms with Crippen LogP contribution in [0.2, 0.25) is 5.02 Å². The van der Waals surface area contributed by atoms with Crippen molar-refractivity contribution in [3.8, 4) is 11.1 Å². The summed E-state index contributed by atoms with van der Waals surface area (Å²) in [5, 5.41) is 0.721. The van der Waals surface area contributed by atoms with Crippen LogP contribution in [0.5, 0.6) is 0 Å². The lowest BCUT2D eigenvalue weighted by molar-refractivity contribution is 1.07. The van der Waals surface area contributed by atoms with Gasteiger partial charge >= 0.3 is 0 Å². The predicted octanol–water partition coefficient (Wildman–Crippen LogP) is 4.23. The quantitative estimate of drug-likeness (QED) is 0.882. The van der Waals surface area contributed by atoms with E-state index in [2.05, 4.69) is 22.0 Å². The number of hydrogen-bond acceptors (Lipinski definition) is 1. The molecule has 0 bridgehead atoms. The van der Waals surface area contributed by atoms with E-state index in [9.17, 15) is 0 Å². The zero-order valence-corrected chi connectivity index (χ0v) is 10.9. The Bertz CT molecular complexity index is 511. The number of nitrogens with two attached hydrogens (primary N) is 1. The maximum Gasteiger partial charge on any atom is 0.0451 e. The van der Waals surface area contributed by atoms with Gasteiger partial charge in [-0.05, 0) is 34.9 Å². The van der Waals surface area contributed by atoms with Crippen molar-refractivity contribution in [3.05, 3.63) is 57.5 Å². The molecule has 0 amide bonds. The van der Waals surface area contributed by atoms with Crippen LogP contribution in [-0.2, 0) is 6.54 Å². The summed E-state index contributed by atoms with van der Waals surface area (Å²) in [6.07, 6.45) is 0. The fraction of sp³-hybridized carbons (Fsp3) is 0.0769. The molecule has 1 nitrogen and oxygen atoms in total. The van der Waals surface area contributed by atoms with Crippen molar-refractivity contribution in [2.45, 2.75) is 6.54 Å². The Kier molecular flexibility index (Phi) is 3.64. The van der Waals surface area contributed by atoms with Crippen molar-refractivity contribution < 1.29 is 0 Å². The van der Waals surface area contributed by atoms with Crippen molar-refractivity contribution >= 4 is 27.5 Å². The molecule has 3 heteroatoms. The summed E-state index contributed by atoms with van der Waals surface area (Å²) >= 11 is 9.57. The summed E-state index contributed by atoms with van der Waals surface area (Å²) in [5.41, 5.74) is 8.88. The molecule has 0 aliphatic carbocycles. The largest absolute Gasteiger partial charge is 0.326 e. The fourth-order valence-corrected chi connectivity index (χ4v) is 2.30. The topological polar surface area (TPSA) is 26.0 Å². The lowest BCUT2D eigenvalue weighted by Crippen LogP contribution is -1.97. The summed E-state index contributed by atoms with van der Waals surface area (Å²) in [7, 11) is 0. The lowest BCUT2D eigenvalue weighted by Gasteiger charge is -2.07. The summed E-state index contributed by atoms with van der Waals surface area (Å²) in [4.78, 5) is 0. The van der Waals surface area contributed by atoms with Crippen LogP contribution in [0.3, 0.4) is 0 Å². The van der Waals surface area contributed by atoms with Gasteiger partial charge in [0.15, 0.2) is 0 Å². The molecule has 16 heavy (non-hydrogen) atoms. The molecule has 0 aliphatic heterocycles. The SMILES string of the molecule is NCc1cc(-c2ccccc2Br)ccc1Cl. The molecule has 2 aromatic carbocycles. The standard InChI is InChI=1S/C13H11BrClN/c14-12-4-2-1-3-11(12)9-5-6-13(15)10(7-9)8-16/h1-7H,8,16H2. The molecule has 82 valence electrons. The van der Waals surface area contributed by atoms with E-state index in [0.29, 0.717) is 6.54 Å². The van der Waals surface area contributed by atoms with E-state index in [1.807, 2.05) is 36.4 Å². The first-order chi connectivity index (χ1) is 7.72. The molecule has 0 radical (unpaired) electrons. The smallest absolute Gasteiger partial charge is 0.0451 e. The van der Waals surface area contributed by atoms with Gasteiger partial charge in [0, 0.05) is 16.0 Å². The van der Waals surface area contributed by atoms with Gasteiger partial charge in [0.25, 0.3) is 0 Å². The van der Waals surface area contributed by atoms with Crippen LogP contribution >= 0.6 is 27.5 Å². The van der Waals surface area contributed by atoms with Gasteiger partial charge in [-0.15, -0.1) is 0 Å². The fourth-order valence-electron chi connectivity index (χ4n) is 1.59. The van der Waals surface area contributed by atoms with Crippen LogP contribution in [0.15, 0.2) is 46.9 Å². The lowest BCUT2D eigenvalue weighted by atomic mass is 10.0. The molecule has 0 saturated heterocycles. The van der Waals surface area contributed by atoms with Crippen molar-refractivity contribution in [1.82, 2.24) is 0 Å². The molecular formula is C13H11BrClN. The molecule has 0 fully saturated rings. The highest BCUT2D eigenvalue weighted by atomic mass is 79.9. The van der Waals surface area contributed by atoms with Crippen LogP contribution in [-0.4, -0.2) is 0 Å². The van der Waals surface area contributed by atoms with E-state index in [1.54, 1.807) is 0 Å². The average Bonchev–Trinajstić information content (AvgIpc) is 2.31. The Labute approximate surface area is 108 Å². The van der Waals surface area contributed by atoms with E-state index in [1.165, 1.54) is 0 Å². The van der Waals surface area contributed by atoms with E-state index in [4.69, 9.17) is 17.3 Å². The van der Waals surface area contributed by atoms with Gasteiger partial charge in [-0.2, -0.15) is 0 Å². The Morgan fingerprint density at radius 2 is 1.88 bits per heavy atom. The van der Waals surface area contributed by atoms with Gasteiger partial charge in [0.05, 0.1) is 0 Å². The minimum Gasteiger partial charge on any atom is -0.326 e. The third kappa shape index (κ3) is 2.29. The van der Waals surface area contributed by atoms with Crippen LogP contribution in [0, 0.1) is 0 Å². The predicted molar refractivity (Wildman–Crippen MR) is 72.5 cm³/mol. The van der Waals surface area contributed by atoms with E-state index >= 15 is 0 Å². The van der Waals surface area contributed by atoms with Gasteiger partial charge in [-0.1, -0.05) is 51.8 Å². The Morgan fingerprint density at radius 3 is 2.56 bits per heavy atom. The number of halogens is 2. The summed E-state index contributed by atoms with van der Waals surface area (Å²) in [6, 6.07) is 14.0. The van der Waals surface area contributed by atoms with Gasteiger partial charge in [-0.3, -0.25) is 0 Å². The number of rotatable bonds is 2. The second-order valence-corrected chi connectivity index (χ2v) is 4.75. The van der Waals surface area contributed by atoms with Gasteiger partial charge in [0.2, 0.25) is 0 Å². The maximum absolute atomic E-state index is 6.03. The van der Waals surface area contributed by atoms with Gasteiger partial charge in [0.1, 0.15) is 0 Å². The minimum absolute atomic E-state index is 0.455. The molecule has 0 heterocycles. The molecule has 0 aromatic heterocycles. The molecule has 2 rings (SSSR count). The Morgan fingerprint density at radius 1 is 1.12 bits per heavy atom. The van der Waals surface area contributed by atoms with Crippen LogP contribution in [0.4, 0.5) is 0 Å². The van der Waals surface area contributed by atoms with Crippen molar-refractivity contribution in [2.75, 3.05) is 0 Å². The summed E-state index contributed by atoms with van der Waals surface area (Å²) in [6.45, 7) is 0.455. The molecular weight excluding hydrogens is 286 g/mol. The first-order valence-corrected chi connectivity index (χ1v) is 6.13. The maximum atomic E-state index is 6.03. The van der Waals surface area contributed by atoms with E-state index in [0.717, 1.165) is 26.2 Å². The summed E-state index contributed by atoms with van der Waals surface area (Å²) < 4.78 is 1.07. The zero-order chi connectivity index (χ0) is 11.5. The molecule has 0 spiro atoms. The third-order valence-electron chi connectivity index (χ3n) is 2.45. The average molecular weight is 297 g/mol. The first-order valence-electron chi connectivity index (χ1n) is 4.96. The molecule has 0 saturated carbocycles. The number of hydrogen-bond donors (Lipinski definition) is 1. The van der Waals surface area contributed by atoms with Gasteiger partial charge < -0.3 is 5.73 Å². The second kappa shape index (κ2) is 5.00. The molecule has 2 aromatic rings. The third-order valence-corrected chi connectivity index (χ3v) is 3.51. The highest BCUT2D eigenvalue weighted by molar-refractivity contribution is 9.10. The Balaban J connectivity index is 2.53. The zero-order valence-electron chi connectivity index (χ0n) is 8.58. The monoisotopic (exact) mass is 295 g/mol. The van der Waals surface area contributed by atoms with Crippen LogP contribution < -0.4 is 5.73 Å². The second-order valence-electron chi connectivity index (χ2n) is 3.49. The van der Waals surface area contributed by atoms with Crippen LogP contribution in [0.1, 0.15) is 5.56 Å². The summed E-state index contributed by atoms with van der Waals surface area (Å²) in [5.74, 6) is 0. The molecule has 0 atom stereocenters. The first kappa shape index (κ1) is 11.6. The molecule has 2 N–H and O–H groups in total. The van der Waals surface area contributed by atoms with E-state index in [-0.39, 0.29) is 0 Å². The normalized spacial score (nSPS) is 10.4. The highest BCUT2D eigenvalue weighted by Crippen LogP contribution is 2.30. The van der Waals surface area contributed by atoms with Crippen molar-refractivity contribution in [2.24, 2.45) is 5.73 Å². The van der Waals surface area contributed by atoms with E-state index < -0.39 is 0 Å². The molecule has 0 aliphatic rings. The highest BCUT2D eigenvalue weighted by Gasteiger charge is 2.05. The Hall–Kier alpha value is -0.830. The number of benzene rings is 2.